The Kier molecular flexibility index (Phi) is 8.72. The maximum Gasteiger partial charge on any atom is 0.308 e. The number of hydrogen-bond donors (Lipinski definition) is 1. The number of hydrogen-bond acceptors (Lipinski definition) is 5. The SMILES string of the molecule is COc1ccc([C@@H]2C[C@@H](SCCC(C)C)[C@H](C(=O)O)CN2S(=O)(=O)c2ccc(Cl)cc2)cc1. The Morgan fingerprint density at radius 3 is 2.36 bits per heavy atom. The van der Waals surface area contributed by atoms with Gasteiger partial charge in [-0.15, -0.1) is 0 Å². The second kappa shape index (κ2) is 11.1. The summed E-state index contributed by atoms with van der Waals surface area (Å²) in [5.74, 6) is 0.266. The summed E-state index contributed by atoms with van der Waals surface area (Å²) in [7, 11) is -2.37. The van der Waals surface area contributed by atoms with Crippen LogP contribution in [0.5, 0.6) is 5.75 Å². The van der Waals surface area contributed by atoms with E-state index < -0.39 is 28.0 Å². The summed E-state index contributed by atoms with van der Waals surface area (Å²) in [5.41, 5.74) is 0.812. The second-order valence-electron chi connectivity index (χ2n) is 8.59. The summed E-state index contributed by atoms with van der Waals surface area (Å²) < 4.78 is 33.9. The van der Waals surface area contributed by atoms with E-state index in [1.807, 2.05) is 12.1 Å². The fourth-order valence-electron chi connectivity index (χ4n) is 3.95. The van der Waals surface area contributed by atoms with Gasteiger partial charge in [0.15, 0.2) is 0 Å². The lowest BCUT2D eigenvalue weighted by Crippen LogP contribution is -2.49. The molecule has 3 rings (SSSR count). The number of sulfonamides is 1. The molecule has 0 unspecified atom stereocenters. The molecule has 0 aliphatic carbocycles. The van der Waals surface area contributed by atoms with Crippen LogP contribution in [-0.4, -0.2) is 48.5 Å². The molecular weight excluding hydrogens is 482 g/mol. The van der Waals surface area contributed by atoms with Gasteiger partial charge in [-0.25, -0.2) is 8.42 Å². The van der Waals surface area contributed by atoms with Crippen LogP contribution in [0.15, 0.2) is 53.4 Å². The van der Waals surface area contributed by atoms with Crippen LogP contribution in [0.25, 0.3) is 0 Å². The predicted octanol–water partition coefficient (Wildman–Crippen LogP) is 5.33. The van der Waals surface area contributed by atoms with Gasteiger partial charge in [0.25, 0.3) is 0 Å². The Balaban J connectivity index is 2.00. The molecule has 33 heavy (non-hydrogen) atoms. The molecule has 0 saturated carbocycles. The number of ether oxygens (including phenoxy) is 1. The molecule has 0 amide bonds. The Morgan fingerprint density at radius 2 is 1.82 bits per heavy atom. The van der Waals surface area contributed by atoms with Gasteiger partial charge in [-0.1, -0.05) is 37.6 Å². The summed E-state index contributed by atoms with van der Waals surface area (Å²) in [4.78, 5) is 12.3. The number of thioether (sulfide) groups is 1. The number of benzene rings is 2. The first-order chi connectivity index (χ1) is 15.6. The minimum atomic E-state index is -3.94. The van der Waals surface area contributed by atoms with E-state index in [0.29, 0.717) is 23.1 Å². The van der Waals surface area contributed by atoms with Crippen molar-refractivity contribution in [3.8, 4) is 5.75 Å². The van der Waals surface area contributed by atoms with E-state index >= 15 is 0 Å². The molecule has 1 fully saturated rings. The monoisotopic (exact) mass is 511 g/mol. The van der Waals surface area contributed by atoms with Crippen LogP contribution >= 0.6 is 23.4 Å². The van der Waals surface area contributed by atoms with Gasteiger partial charge < -0.3 is 9.84 Å². The molecule has 1 saturated heterocycles. The van der Waals surface area contributed by atoms with E-state index in [1.165, 1.54) is 28.6 Å². The molecule has 0 bridgehead atoms. The fourth-order valence-corrected chi connectivity index (χ4v) is 7.39. The molecule has 2 aromatic carbocycles. The minimum Gasteiger partial charge on any atom is -0.497 e. The first kappa shape index (κ1) is 25.9. The van der Waals surface area contributed by atoms with E-state index in [1.54, 1.807) is 31.0 Å². The Morgan fingerprint density at radius 1 is 1.18 bits per heavy atom. The summed E-state index contributed by atoms with van der Waals surface area (Å²) >= 11 is 7.59. The van der Waals surface area contributed by atoms with Crippen molar-refractivity contribution >= 4 is 39.4 Å². The third kappa shape index (κ3) is 6.23. The van der Waals surface area contributed by atoms with E-state index in [4.69, 9.17) is 16.3 Å². The molecule has 0 radical (unpaired) electrons. The van der Waals surface area contributed by atoms with Gasteiger partial charge in [0, 0.05) is 16.8 Å². The zero-order valence-corrected chi connectivity index (χ0v) is 21.4. The highest BCUT2D eigenvalue weighted by molar-refractivity contribution is 7.99. The van der Waals surface area contributed by atoms with E-state index in [-0.39, 0.29) is 16.7 Å². The van der Waals surface area contributed by atoms with Crippen molar-refractivity contribution in [3.05, 3.63) is 59.1 Å². The van der Waals surface area contributed by atoms with Crippen LogP contribution in [0.1, 0.15) is 38.3 Å². The molecule has 9 heteroatoms. The van der Waals surface area contributed by atoms with E-state index in [0.717, 1.165) is 17.7 Å². The van der Waals surface area contributed by atoms with Crippen molar-refractivity contribution in [2.45, 2.75) is 42.9 Å². The van der Waals surface area contributed by atoms with Gasteiger partial charge in [0.2, 0.25) is 10.0 Å². The molecule has 0 aromatic heterocycles. The van der Waals surface area contributed by atoms with Gasteiger partial charge >= 0.3 is 5.97 Å². The summed E-state index contributed by atoms with van der Waals surface area (Å²) in [5, 5.41) is 10.2. The van der Waals surface area contributed by atoms with Gasteiger partial charge in [-0.05, 0) is 66.5 Å². The molecule has 1 N–H and O–H groups in total. The third-order valence-electron chi connectivity index (χ3n) is 5.89. The number of nitrogens with zero attached hydrogens (tertiary/aromatic N) is 1. The van der Waals surface area contributed by atoms with Crippen LogP contribution in [0, 0.1) is 11.8 Å². The smallest absolute Gasteiger partial charge is 0.308 e. The maximum absolute atomic E-state index is 13.6. The molecular formula is C24H30ClNO5S2. The highest BCUT2D eigenvalue weighted by Crippen LogP contribution is 2.42. The van der Waals surface area contributed by atoms with Crippen LogP contribution in [0.3, 0.4) is 0 Å². The molecule has 1 heterocycles. The molecule has 1 aliphatic heterocycles. The first-order valence-electron chi connectivity index (χ1n) is 10.9. The number of halogens is 1. The van der Waals surface area contributed by atoms with Crippen LogP contribution in [-0.2, 0) is 14.8 Å². The Labute approximate surface area is 205 Å². The van der Waals surface area contributed by atoms with Gasteiger partial charge in [-0.2, -0.15) is 16.1 Å². The lowest BCUT2D eigenvalue weighted by molar-refractivity contribution is -0.143. The highest BCUT2D eigenvalue weighted by atomic mass is 35.5. The average molecular weight is 512 g/mol. The average Bonchev–Trinajstić information content (AvgIpc) is 2.78. The zero-order chi connectivity index (χ0) is 24.2. The zero-order valence-electron chi connectivity index (χ0n) is 19.0. The molecule has 180 valence electrons. The standard InChI is InChI=1S/C24H30ClNO5S2/c1-16(2)12-13-32-23-14-22(17-4-8-19(31-3)9-5-17)26(15-21(23)24(27)28)33(29,30)20-10-6-18(25)7-11-20/h4-11,16,21-23H,12-15H2,1-3H3,(H,27,28)/t21-,22+,23-/m1/s1. The molecule has 6 nitrogen and oxygen atoms in total. The van der Waals surface area contributed by atoms with Crippen molar-refractivity contribution in [3.63, 3.8) is 0 Å². The number of carbonyl (C=O) groups is 1. The van der Waals surface area contributed by atoms with Gasteiger partial charge in [-0.3, -0.25) is 4.79 Å². The maximum atomic E-state index is 13.6. The lowest BCUT2D eigenvalue weighted by atomic mass is 9.90. The predicted molar refractivity (Wildman–Crippen MR) is 133 cm³/mol. The molecule has 1 aliphatic rings. The second-order valence-corrected chi connectivity index (χ2v) is 12.3. The van der Waals surface area contributed by atoms with E-state index in [9.17, 15) is 18.3 Å². The summed E-state index contributed by atoms with van der Waals surface area (Å²) in [6.45, 7) is 4.18. The number of piperidine rings is 1. The summed E-state index contributed by atoms with van der Waals surface area (Å²) in [6.07, 6.45) is 1.40. The Bertz CT molecular complexity index is 1040. The number of carboxylic acid groups (broad SMARTS) is 1. The Hall–Kier alpha value is -1.74. The molecule has 3 atom stereocenters. The lowest BCUT2D eigenvalue weighted by Gasteiger charge is -2.42. The summed E-state index contributed by atoms with van der Waals surface area (Å²) in [6, 6.07) is 12.8. The number of carboxylic acids is 1. The largest absolute Gasteiger partial charge is 0.497 e. The van der Waals surface area contributed by atoms with Crippen molar-refractivity contribution < 1.29 is 23.1 Å². The number of methoxy groups -OCH3 is 1. The van der Waals surface area contributed by atoms with Crippen molar-refractivity contribution in [1.29, 1.82) is 0 Å². The van der Waals surface area contributed by atoms with Gasteiger partial charge in [0.1, 0.15) is 5.75 Å². The highest BCUT2D eigenvalue weighted by Gasteiger charge is 2.45. The number of aliphatic carboxylic acids is 1. The van der Waals surface area contributed by atoms with Crippen LogP contribution in [0.4, 0.5) is 0 Å². The first-order valence-corrected chi connectivity index (χ1v) is 13.8. The normalized spacial score (nSPS) is 21.8. The van der Waals surface area contributed by atoms with Crippen LogP contribution in [0.2, 0.25) is 5.02 Å². The van der Waals surface area contributed by atoms with E-state index in [2.05, 4.69) is 13.8 Å². The van der Waals surface area contributed by atoms with Gasteiger partial charge in [0.05, 0.1) is 24.0 Å². The molecule has 2 aromatic rings. The fraction of sp³-hybridized carbons (Fsp3) is 0.458. The number of rotatable bonds is 9. The molecule has 0 spiro atoms. The quantitative estimate of drug-likeness (QED) is 0.489. The third-order valence-corrected chi connectivity index (χ3v) is 9.46. The van der Waals surface area contributed by atoms with Crippen LogP contribution < -0.4 is 4.74 Å². The van der Waals surface area contributed by atoms with Crippen molar-refractivity contribution in [1.82, 2.24) is 4.31 Å². The topological polar surface area (TPSA) is 83.9 Å². The van der Waals surface area contributed by atoms with Crippen molar-refractivity contribution in [2.24, 2.45) is 11.8 Å². The van der Waals surface area contributed by atoms with Crippen molar-refractivity contribution in [2.75, 3.05) is 19.4 Å². The minimum absolute atomic E-state index is 0.0870.